The maximum atomic E-state index is 13.5. The van der Waals surface area contributed by atoms with Gasteiger partial charge in [-0.2, -0.15) is 0 Å². The van der Waals surface area contributed by atoms with Gasteiger partial charge in [0.05, 0.1) is 14.2 Å². The number of ether oxygens (including phenoxy) is 2. The number of benzene rings is 2. The summed E-state index contributed by atoms with van der Waals surface area (Å²) >= 11 is 0. The lowest BCUT2D eigenvalue weighted by Gasteiger charge is -2.20. The molecule has 0 unspecified atom stereocenters. The highest BCUT2D eigenvalue weighted by Crippen LogP contribution is 2.29. The van der Waals surface area contributed by atoms with Crippen molar-refractivity contribution in [2.75, 3.05) is 14.2 Å². The van der Waals surface area contributed by atoms with Crippen LogP contribution in [0, 0.1) is 12.7 Å². The summed E-state index contributed by atoms with van der Waals surface area (Å²) in [6.07, 6.45) is 0.530. The predicted octanol–water partition coefficient (Wildman–Crippen LogP) is 3.58. The largest absolute Gasteiger partial charge is 0.496 e. The minimum absolute atomic E-state index is 0.0923. The van der Waals surface area contributed by atoms with Crippen molar-refractivity contribution in [3.8, 4) is 11.5 Å². The Kier molecular flexibility index (Phi) is 6.02. The second-order valence-corrected chi connectivity index (χ2v) is 7.29. The molecule has 0 heterocycles. The molecule has 2 rings (SSSR count). The first-order valence-electron chi connectivity index (χ1n) is 7.82. The highest BCUT2D eigenvalue weighted by atomic mass is 32.2. The Labute approximate surface area is 147 Å². The van der Waals surface area contributed by atoms with E-state index in [0.29, 0.717) is 6.42 Å². The maximum Gasteiger partial charge on any atom is 0.244 e. The lowest BCUT2D eigenvalue weighted by molar-refractivity contribution is 0.400. The fraction of sp³-hybridized carbons (Fsp3) is 0.333. The van der Waals surface area contributed by atoms with Crippen molar-refractivity contribution in [2.45, 2.75) is 31.2 Å². The van der Waals surface area contributed by atoms with Gasteiger partial charge in [0.25, 0.3) is 0 Å². The van der Waals surface area contributed by atoms with Crippen LogP contribution >= 0.6 is 0 Å². The van der Waals surface area contributed by atoms with Gasteiger partial charge in [-0.1, -0.05) is 19.1 Å². The molecule has 1 atom stereocenters. The summed E-state index contributed by atoms with van der Waals surface area (Å²) in [5.41, 5.74) is 1.71. The minimum atomic E-state index is -3.96. The molecule has 7 heteroatoms. The van der Waals surface area contributed by atoms with Crippen molar-refractivity contribution in [1.29, 1.82) is 0 Å². The summed E-state index contributed by atoms with van der Waals surface area (Å²) in [4.78, 5) is -0.223. The third-order valence-electron chi connectivity index (χ3n) is 3.94. The van der Waals surface area contributed by atoms with Crippen molar-refractivity contribution in [3.63, 3.8) is 0 Å². The third kappa shape index (κ3) is 4.29. The highest BCUT2D eigenvalue weighted by molar-refractivity contribution is 7.89. The number of halogens is 1. The first kappa shape index (κ1) is 19.2. The maximum absolute atomic E-state index is 13.5. The molecule has 0 aromatic heterocycles. The highest BCUT2D eigenvalue weighted by Gasteiger charge is 2.24. The average molecular weight is 367 g/mol. The quantitative estimate of drug-likeness (QED) is 0.812. The molecule has 2 aromatic rings. The van der Waals surface area contributed by atoms with Crippen LogP contribution < -0.4 is 14.2 Å². The van der Waals surface area contributed by atoms with Gasteiger partial charge in [-0.3, -0.25) is 0 Å². The number of hydrogen-bond donors (Lipinski definition) is 1. The van der Waals surface area contributed by atoms with E-state index < -0.39 is 21.9 Å². The van der Waals surface area contributed by atoms with E-state index in [1.54, 1.807) is 13.2 Å². The molecule has 0 fully saturated rings. The molecule has 0 aliphatic heterocycles. The molecule has 1 N–H and O–H groups in total. The van der Waals surface area contributed by atoms with Gasteiger partial charge in [0.15, 0.2) is 0 Å². The Morgan fingerprint density at radius 2 is 1.72 bits per heavy atom. The molecule has 0 bridgehead atoms. The smallest absolute Gasteiger partial charge is 0.244 e. The molecule has 25 heavy (non-hydrogen) atoms. The molecule has 0 aliphatic carbocycles. The molecule has 136 valence electrons. The van der Waals surface area contributed by atoms with Crippen LogP contribution in [0.4, 0.5) is 4.39 Å². The monoisotopic (exact) mass is 367 g/mol. The third-order valence-corrected chi connectivity index (χ3v) is 5.44. The van der Waals surface area contributed by atoms with Crippen LogP contribution in [0.5, 0.6) is 11.5 Å². The average Bonchev–Trinajstić information content (AvgIpc) is 2.59. The van der Waals surface area contributed by atoms with Crippen LogP contribution in [0.1, 0.15) is 30.5 Å². The minimum Gasteiger partial charge on any atom is -0.496 e. The predicted molar refractivity (Wildman–Crippen MR) is 94.0 cm³/mol. The standard InChI is InChI=1S/C18H22FNO4S/c1-5-15(13-6-8-16(23-3)12(2)10-13)20-25(21,22)18-11-14(19)7-9-17(18)24-4/h6-11,15,20H,5H2,1-4H3/t15-/m1/s1. The van der Waals surface area contributed by atoms with Gasteiger partial charge >= 0.3 is 0 Å². The molecule has 2 aromatic carbocycles. The van der Waals surface area contributed by atoms with Crippen LogP contribution in [-0.2, 0) is 10.0 Å². The van der Waals surface area contributed by atoms with Gasteiger partial charge in [-0.05, 0) is 48.7 Å². The van der Waals surface area contributed by atoms with Crippen LogP contribution in [0.2, 0.25) is 0 Å². The van der Waals surface area contributed by atoms with E-state index in [0.717, 1.165) is 29.0 Å². The Bertz CT molecular complexity index is 852. The number of hydrogen-bond acceptors (Lipinski definition) is 4. The summed E-state index contributed by atoms with van der Waals surface area (Å²) < 4.78 is 51.9. The van der Waals surface area contributed by atoms with Crippen LogP contribution in [0.25, 0.3) is 0 Å². The summed E-state index contributed by atoms with van der Waals surface area (Å²) in [7, 11) is -1.03. The summed E-state index contributed by atoms with van der Waals surface area (Å²) in [6.45, 7) is 3.76. The van der Waals surface area contributed by atoms with E-state index >= 15 is 0 Å². The van der Waals surface area contributed by atoms with Crippen LogP contribution in [0.3, 0.4) is 0 Å². The Hall–Kier alpha value is -2.12. The summed E-state index contributed by atoms with van der Waals surface area (Å²) in [6, 6.07) is 8.42. The van der Waals surface area contributed by atoms with E-state index in [1.165, 1.54) is 13.2 Å². The Morgan fingerprint density at radius 1 is 1.08 bits per heavy atom. The van der Waals surface area contributed by atoms with Gasteiger partial charge in [-0.25, -0.2) is 17.5 Å². The second kappa shape index (κ2) is 7.84. The zero-order chi connectivity index (χ0) is 18.6. The van der Waals surface area contributed by atoms with Gasteiger partial charge in [0.2, 0.25) is 10.0 Å². The van der Waals surface area contributed by atoms with E-state index in [1.807, 2.05) is 26.0 Å². The fourth-order valence-electron chi connectivity index (χ4n) is 2.62. The van der Waals surface area contributed by atoms with E-state index in [-0.39, 0.29) is 10.6 Å². The van der Waals surface area contributed by atoms with Gasteiger partial charge in [-0.15, -0.1) is 0 Å². The molecule has 0 saturated heterocycles. The van der Waals surface area contributed by atoms with Gasteiger partial charge in [0.1, 0.15) is 22.2 Å². The topological polar surface area (TPSA) is 64.6 Å². The Morgan fingerprint density at radius 3 is 2.28 bits per heavy atom. The van der Waals surface area contributed by atoms with Crippen molar-refractivity contribution in [2.24, 2.45) is 0 Å². The van der Waals surface area contributed by atoms with Crippen molar-refractivity contribution in [3.05, 3.63) is 53.3 Å². The molecule has 0 amide bonds. The molecule has 0 spiro atoms. The van der Waals surface area contributed by atoms with Crippen molar-refractivity contribution < 1.29 is 22.3 Å². The van der Waals surface area contributed by atoms with Crippen LogP contribution in [-0.4, -0.2) is 22.6 Å². The molecule has 0 aliphatic rings. The molecule has 0 radical (unpaired) electrons. The Balaban J connectivity index is 2.38. The fourth-order valence-corrected chi connectivity index (χ4v) is 4.11. The molecular formula is C18H22FNO4S. The lowest BCUT2D eigenvalue weighted by Crippen LogP contribution is -2.28. The number of rotatable bonds is 7. The number of methoxy groups -OCH3 is 2. The lowest BCUT2D eigenvalue weighted by atomic mass is 10.0. The summed E-state index contributed by atoms with van der Waals surface area (Å²) in [5, 5.41) is 0. The SMILES string of the molecule is CC[C@@H](NS(=O)(=O)c1cc(F)ccc1OC)c1ccc(OC)c(C)c1. The normalized spacial score (nSPS) is 12.7. The zero-order valence-corrected chi connectivity index (χ0v) is 15.5. The molecule has 5 nitrogen and oxygen atoms in total. The van der Waals surface area contributed by atoms with E-state index in [4.69, 9.17) is 9.47 Å². The van der Waals surface area contributed by atoms with E-state index in [2.05, 4.69) is 4.72 Å². The van der Waals surface area contributed by atoms with Gasteiger partial charge in [0, 0.05) is 6.04 Å². The first-order chi connectivity index (χ1) is 11.8. The first-order valence-corrected chi connectivity index (χ1v) is 9.31. The van der Waals surface area contributed by atoms with E-state index in [9.17, 15) is 12.8 Å². The molecule has 0 saturated carbocycles. The molecular weight excluding hydrogens is 345 g/mol. The van der Waals surface area contributed by atoms with Crippen molar-refractivity contribution >= 4 is 10.0 Å². The summed E-state index contributed by atoms with van der Waals surface area (Å²) in [5.74, 6) is 0.178. The number of nitrogens with one attached hydrogen (secondary N) is 1. The zero-order valence-electron chi connectivity index (χ0n) is 14.7. The van der Waals surface area contributed by atoms with Crippen molar-refractivity contribution in [1.82, 2.24) is 4.72 Å². The van der Waals surface area contributed by atoms with Gasteiger partial charge < -0.3 is 9.47 Å². The second-order valence-electron chi connectivity index (χ2n) is 5.61. The number of sulfonamides is 1. The van der Waals surface area contributed by atoms with Crippen LogP contribution in [0.15, 0.2) is 41.3 Å². The number of aryl methyl sites for hydroxylation is 1.